The van der Waals surface area contributed by atoms with Crippen molar-refractivity contribution in [2.75, 3.05) is 19.0 Å². The van der Waals surface area contributed by atoms with Gasteiger partial charge in [0.05, 0.1) is 7.11 Å². The van der Waals surface area contributed by atoms with E-state index in [2.05, 4.69) is 5.32 Å². The molecule has 0 saturated heterocycles. The van der Waals surface area contributed by atoms with E-state index in [1.54, 1.807) is 43.5 Å². The summed E-state index contributed by atoms with van der Waals surface area (Å²) < 4.78 is 10.3. The Morgan fingerprint density at radius 3 is 2.65 bits per heavy atom. The van der Waals surface area contributed by atoms with Crippen LogP contribution in [0.4, 0.5) is 5.69 Å². The molecule has 0 bridgehead atoms. The number of benzene rings is 2. The van der Waals surface area contributed by atoms with Crippen LogP contribution in [-0.2, 0) is 4.79 Å². The number of nitrogens with one attached hydrogen (secondary N) is 1. The van der Waals surface area contributed by atoms with Gasteiger partial charge in [-0.1, -0.05) is 12.1 Å². The second kappa shape index (κ2) is 6.47. The number of aromatic hydroxyl groups is 1. The lowest BCUT2D eigenvalue weighted by Gasteiger charge is -2.08. The van der Waals surface area contributed by atoms with E-state index in [4.69, 9.17) is 9.47 Å². The molecule has 1 amide bonds. The maximum Gasteiger partial charge on any atom is 0.262 e. The summed E-state index contributed by atoms with van der Waals surface area (Å²) in [6.07, 6.45) is 0. The fraction of sp³-hybridized carbons (Fsp3) is 0.133. The van der Waals surface area contributed by atoms with E-state index in [0.29, 0.717) is 17.2 Å². The van der Waals surface area contributed by atoms with Gasteiger partial charge in [-0.15, -0.1) is 0 Å². The molecule has 0 unspecified atom stereocenters. The quantitative estimate of drug-likeness (QED) is 0.878. The number of methoxy groups -OCH3 is 1. The Labute approximate surface area is 116 Å². The minimum absolute atomic E-state index is 0.0932. The lowest BCUT2D eigenvalue weighted by molar-refractivity contribution is -0.118. The molecule has 0 spiro atoms. The van der Waals surface area contributed by atoms with E-state index in [0.717, 1.165) is 0 Å². The monoisotopic (exact) mass is 273 g/mol. The summed E-state index contributed by atoms with van der Waals surface area (Å²) in [5.41, 5.74) is 0.633. The summed E-state index contributed by atoms with van der Waals surface area (Å²) in [6, 6.07) is 13.3. The average molecular weight is 273 g/mol. The van der Waals surface area contributed by atoms with Crippen LogP contribution in [0, 0.1) is 0 Å². The van der Waals surface area contributed by atoms with Crippen molar-refractivity contribution in [3.05, 3.63) is 48.5 Å². The fourth-order valence-corrected chi connectivity index (χ4v) is 1.62. The number of phenolic OH excluding ortho intramolecular Hbond substituents is 1. The van der Waals surface area contributed by atoms with Gasteiger partial charge in [0.15, 0.2) is 6.61 Å². The summed E-state index contributed by atoms with van der Waals surface area (Å²) in [5.74, 6) is 0.903. The molecule has 5 nitrogen and oxygen atoms in total. The number of hydrogen-bond acceptors (Lipinski definition) is 4. The second-order valence-electron chi connectivity index (χ2n) is 4.07. The van der Waals surface area contributed by atoms with Gasteiger partial charge in [0, 0.05) is 17.8 Å². The van der Waals surface area contributed by atoms with Gasteiger partial charge in [-0.2, -0.15) is 0 Å². The van der Waals surface area contributed by atoms with Gasteiger partial charge < -0.3 is 19.9 Å². The highest BCUT2D eigenvalue weighted by molar-refractivity contribution is 5.92. The average Bonchev–Trinajstić information content (AvgIpc) is 2.45. The van der Waals surface area contributed by atoms with Crippen LogP contribution in [0.5, 0.6) is 17.2 Å². The highest BCUT2D eigenvalue weighted by Gasteiger charge is 2.05. The van der Waals surface area contributed by atoms with Crippen molar-refractivity contribution in [1.82, 2.24) is 0 Å². The molecule has 2 N–H and O–H groups in total. The Morgan fingerprint density at radius 2 is 1.90 bits per heavy atom. The van der Waals surface area contributed by atoms with E-state index in [-0.39, 0.29) is 18.3 Å². The first-order valence-corrected chi connectivity index (χ1v) is 6.03. The van der Waals surface area contributed by atoms with Crippen molar-refractivity contribution in [3.63, 3.8) is 0 Å². The Balaban J connectivity index is 1.89. The van der Waals surface area contributed by atoms with Gasteiger partial charge in [-0.25, -0.2) is 0 Å². The summed E-state index contributed by atoms with van der Waals surface area (Å²) >= 11 is 0. The predicted octanol–water partition coefficient (Wildman–Crippen LogP) is 2.42. The second-order valence-corrected chi connectivity index (χ2v) is 4.07. The number of carbonyl (C=O) groups excluding carboxylic acids is 1. The van der Waals surface area contributed by atoms with Crippen molar-refractivity contribution < 1.29 is 19.4 Å². The van der Waals surface area contributed by atoms with Crippen LogP contribution < -0.4 is 14.8 Å². The Morgan fingerprint density at radius 1 is 1.15 bits per heavy atom. The molecule has 0 aromatic heterocycles. The SMILES string of the molecule is COc1cccc(NC(=O)COc2cccc(O)c2)c1. The molecule has 5 heteroatoms. The van der Waals surface area contributed by atoms with Gasteiger partial charge in [-0.3, -0.25) is 4.79 Å². The van der Waals surface area contributed by atoms with E-state index < -0.39 is 0 Å². The first-order chi connectivity index (χ1) is 9.67. The standard InChI is InChI=1S/C15H15NO4/c1-19-13-6-2-4-11(8-13)16-15(18)10-20-14-7-3-5-12(17)9-14/h2-9,17H,10H2,1H3,(H,16,18). The largest absolute Gasteiger partial charge is 0.508 e. The molecule has 0 atom stereocenters. The Hall–Kier alpha value is -2.69. The first-order valence-electron chi connectivity index (χ1n) is 6.03. The van der Waals surface area contributed by atoms with Crippen LogP contribution in [-0.4, -0.2) is 24.7 Å². The number of amides is 1. The first kappa shape index (κ1) is 13.7. The number of rotatable bonds is 5. The zero-order valence-corrected chi connectivity index (χ0v) is 11.0. The molecule has 0 saturated carbocycles. The molecule has 0 aliphatic heterocycles. The summed E-state index contributed by atoms with van der Waals surface area (Å²) in [6.45, 7) is -0.138. The van der Waals surface area contributed by atoms with E-state index >= 15 is 0 Å². The number of carbonyl (C=O) groups is 1. The van der Waals surface area contributed by atoms with E-state index in [9.17, 15) is 9.90 Å². The zero-order chi connectivity index (χ0) is 14.4. The van der Waals surface area contributed by atoms with Crippen molar-refractivity contribution in [2.24, 2.45) is 0 Å². The minimum atomic E-state index is -0.290. The molecule has 2 aromatic carbocycles. The van der Waals surface area contributed by atoms with Gasteiger partial charge in [0.1, 0.15) is 17.2 Å². The molecule has 20 heavy (non-hydrogen) atoms. The van der Waals surface area contributed by atoms with Crippen LogP contribution in [0.2, 0.25) is 0 Å². The van der Waals surface area contributed by atoms with Crippen molar-refractivity contribution in [3.8, 4) is 17.2 Å². The van der Waals surface area contributed by atoms with Crippen LogP contribution in [0.25, 0.3) is 0 Å². The maximum absolute atomic E-state index is 11.7. The Bertz CT molecular complexity index is 598. The topological polar surface area (TPSA) is 67.8 Å². The molecular formula is C15H15NO4. The smallest absolute Gasteiger partial charge is 0.262 e. The molecule has 0 fully saturated rings. The van der Waals surface area contributed by atoms with Crippen molar-refractivity contribution >= 4 is 11.6 Å². The molecular weight excluding hydrogens is 258 g/mol. The molecule has 0 aliphatic carbocycles. The van der Waals surface area contributed by atoms with E-state index in [1.807, 2.05) is 0 Å². The zero-order valence-electron chi connectivity index (χ0n) is 11.0. The number of anilines is 1. The van der Waals surface area contributed by atoms with E-state index in [1.165, 1.54) is 12.1 Å². The third kappa shape index (κ3) is 3.91. The third-order valence-electron chi connectivity index (χ3n) is 2.54. The lowest BCUT2D eigenvalue weighted by atomic mass is 10.3. The van der Waals surface area contributed by atoms with Gasteiger partial charge in [0.25, 0.3) is 5.91 Å². The van der Waals surface area contributed by atoms with Crippen LogP contribution >= 0.6 is 0 Å². The van der Waals surface area contributed by atoms with Crippen LogP contribution in [0.15, 0.2) is 48.5 Å². The highest BCUT2D eigenvalue weighted by Crippen LogP contribution is 2.18. The summed E-state index contributed by atoms with van der Waals surface area (Å²) in [4.78, 5) is 11.7. The molecule has 104 valence electrons. The normalized spacial score (nSPS) is 9.85. The van der Waals surface area contributed by atoms with Gasteiger partial charge in [-0.05, 0) is 24.3 Å². The van der Waals surface area contributed by atoms with Gasteiger partial charge in [0.2, 0.25) is 0 Å². The number of ether oxygens (including phenoxy) is 2. The summed E-state index contributed by atoms with van der Waals surface area (Å²) in [7, 11) is 1.56. The maximum atomic E-state index is 11.7. The molecule has 2 rings (SSSR count). The Kier molecular flexibility index (Phi) is 4.44. The molecule has 0 radical (unpaired) electrons. The third-order valence-corrected chi connectivity index (χ3v) is 2.54. The molecule has 0 heterocycles. The number of phenols is 1. The highest BCUT2D eigenvalue weighted by atomic mass is 16.5. The van der Waals surface area contributed by atoms with Crippen LogP contribution in [0.1, 0.15) is 0 Å². The summed E-state index contributed by atoms with van der Waals surface area (Å²) in [5, 5.41) is 12.0. The van der Waals surface area contributed by atoms with Crippen LogP contribution in [0.3, 0.4) is 0 Å². The molecule has 2 aromatic rings. The lowest BCUT2D eigenvalue weighted by Crippen LogP contribution is -2.20. The fourth-order valence-electron chi connectivity index (χ4n) is 1.62. The van der Waals surface area contributed by atoms with Crippen molar-refractivity contribution in [1.29, 1.82) is 0 Å². The predicted molar refractivity (Wildman–Crippen MR) is 75.2 cm³/mol. The number of hydrogen-bond donors (Lipinski definition) is 2. The minimum Gasteiger partial charge on any atom is -0.508 e. The van der Waals surface area contributed by atoms with Crippen molar-refractivity contribution in [2.45, 2.75) is 0 Å². The van der Waals surface area contributed by atoms with Gasteiger partial charge >= 0.3 is 0 Å². The molecule has 0 aliphatic rings.